The first-order valence-electron chi connectivity index (χ1n) is 8.83. The number of rotatable bonds is 7. The van der Waals surface area contributed by atoms with E-state index in [1.165, 1.54) is 7.11 Å². The molecule has 0 aliphatic rings. The Morgan fingerprint density at radius 1 is 1.07 bits per heavy atom. The Hall–Kier alpha value is -2.76. The van der Waals surface area contributed by atoms with Crippen LogP contribution in [0.5, 0.6) is 11.5 Å². The van der Waals surface area contributed by atoms with Crippen LogP contribution in [0.1, 0.15) is 11.1 Å². The number of phenolic OH excluding ortho intramolecular Hbond substituents is 1. The van der Waals surface area contributed by atoms with Gasteiger partial charge >= 0.3 is 5.97 Å². The van der Waals surface area contributed by atoms with E-state index in [2.05, 4.69) is 0 Å². The maximum absolute atomic E-state index is 12.0. The summed E-state index contributed by atoms with van der Waals surface area (Å²) < 4.78 is 10.2. The molecule has 3 aromatic carbocycles. The van der Waals surface area contributed by atoms with Gasteiger partial charge in [-0.2, -0.15) is 0 Å². The zero-order valence-corrected chi connectivity index (χ0v) is 16.6. The Morgan fingerprint density at radius 3 is 2.54 bits per heavy atom. The Balaban J connectivity index is 1.98. The molecular weight excluding hydrogens is 378 g/mol. The van der Waals surface area contributed by atoms with Crippen molar-refractivity contribution in [2.75, 3.05) is 20.8 Å². The fourth-order valence-electron chi connectivity index (χ4n) is 3.15. The third-order valence-electron chi connectivity index (χ3n) is 4.63. The fourth-order valence-corrected chi connectivity index (χ4v) is 3.34. The third-order valence-corrected chi connectivity index (χ3v) is 5.00. The minimum Gasteiger partial charge on any atom is -0.508 e. The van der Waals surface area contributed by atoms with E-state index in [1.54, 1.807) is 13.2 Å². The van der Waals surface area contributed by atoms with Crippen LogP contribution in [0.4, 0.5) is 0 Å². The highest BCUT2D eigenvalue weighted by molar-refractivity contribution is 6.31. The molecule has 0 saturated heterocycles. The lowest BCUT2D eigenvalue weighted by Crippen LogP contribution is -2.30. The summed E-state index contributed by atoms with van der Waals surface area (Å²) in [5.74, 6) is 0.504. The molecule has 146 valence electrons. The smallest absolute Gasteiger partial charge is 0.319 e. The molecule has 3 rings (SSSR count). The van der Waals surface area contributed by atoms with Crippen molar-refractivity contribution in [3.63, 3.8) is 0 Å². The molecule has 0 fully saturated rings. The van der Waals surface area contributed by atoms with Crippen molar-refractivity contribution in [2.24, 2.45) is 0 Å². The van der Waals surface area contributed by atoms with Gasteiger partial charge in [-0.05, 0) is 40.6 Å². The quantitative estimate of drug-likeness (QED) is 0.597. The molecule has 0 unspecified atom stereocenters. The largest absolute Gasteiger partial charge is 0.508 e. The Bertz CT molecular complexity index is 989. The van der Waals surface area contributed by atoms with E-state index in [0.29, 0.717) is 29.4 Å². The van der Waals surface area contributed by atoms with Crippen molar-refractivity contribution >= 4 is 28.3 Å². The molecule has 0 atom stereocenters. The van der Waals surface area contributed by atoms with Gasteiger partial charge < -0.3 is 14.6 Å². The van der Waals surface area contributed by atoms with E-state index >= 15 is 0 Å². The Morgan fingerprint density at radius 2 is 1.82 bits per heavy atom. The van der Waals surface area contributed by atoms with E-state index in [4.69, 9.17) is 21.1 Å². The SMILES string of the molecule is COC(=O)CN(Cc1ccccc1Cl)Cc1c(O)ccc2ccc(OC)cc12. The molecule has 0 amide bonds. The standard InChI is InChI=1S/C22H22ClNO4/c1-27-17-9-7-15-8-10-21(25)19(18(15)11-17)13-24(14-22(26)28-2)12-16-5-3-4-6-20(16)23/h3-11,25H,12-14H2,1-2H3. The van der Waals surface area contributed by atoms with Gasteiger partial charge in [-0.3, -0.25) is 9.69 Å². The van der Waals surface area contributed by atoms with E-state index in [-0.39, 0.29) is 18.3 Å². The van der Waals surface area contributed by atoms with Gasteiger partial charge in [0, 0.05) is 23.7 Å². The lowest BCUT2D eigenvalue weighted by Gasteiger charge is -2.23. The Labute approximate surface area is 169 Å². The summed E-state index contributed by atoms with van der Waals surface area (Å²) in [5, 5.41) is 13.0. The molecule has 0 heterocycles. The zero-order chi connectivity index (χ0) is 20.1. The van der Waals surface area contributed by atoms with Gasteiger partial charge in [-0.25, -0.2) is 0 Å². The molecule has 0 aromatic heterocycles. The summed E-state index contributed by atoms with van der Waals surface area (Å²) in [6, 6.07) is 16.7. The number of aromatic hydroxyl groups is 1. The maximum atomic E-state index is 12.0. The van der Waals surface area contributed by atoms with Gasteiger partial charge in [-0.1, -0.05) is 41.9 Å². The Kier molecular flexibility index (Phi) is 6.39. The molecule has 5 nitrogen and oxygen atoms in total. The lowest BCUT2D eigenvalue weighted by molar-refractivity contribution is -0.142. The molecule has 1 N–H and O–H groups in total. The number of ether oxygens (including phenoxy) is 2. The second-order valence-corrected chi connectivity index (χ2v) is 6.87. The van der Waals surface area contributed by atoms with Crippen molar-refractivity contribution in [3.8, 4) is 11.5 Å². The van der Waals surface area contributed by atoms with E-state index in [0.717, 1.165) is 16.3 Å². The molecule has 0 aliphatic heterocycles. The van der Waals surface area contributed by atoms with E-state index in [1.807, 2.05) is 53.4 Å². The van der Waals surface area contributed by atoms with Crippen LogP contribution in [-0.2, 0) is 22.6 Å². The first kappa shape index (κ1) is 20.0. The minimum absolute atomic E-state index is 0.0710. The summed E-state index contributed by atoms with van der Waals surface area (Å²) in [6.07, 6.45) is 0. The zero-order valence-electron chi connectivity index (χ0n) is 15.8. The topological polar surface area (TPSA) is 59.0 Å². The normalized spacial score (nSPS) is 11.0. The number of hydrogen-bond acceptors (Lipinski definition) is 5. The molecule has 0 radical (unpaired) electrons. The van der Waals surface area contributed by atoms with Gasteiger partial charge in [0.25, 0.3) is 0 Å². The van der Waals surface area contributed by atoms with Crippen molar-refractivity contribution in [3.05, 3.63) is 70.7 Å². The number of phenols is 1. The molecule has 3 aromatic rings. The highest BCUT2D eigenvalue weighted by atomic mass is 35.5. The van der Waals surface area contributed by atoms with Crippen LogP contribution in [0, 0.1) is 0 Å². The average molecular weight is 400 g/mol. The number of esters is 1. The van der Waals surface area contributed by atoms with Crippen LogP contribution in [0.2, 0.25) is 5.02 Å². The third kappa shape index (κ3) is 4.55. The van der Waals surface area contributed by atoms with Crippen LogP contribution in [0.25, 0.3) is 10.8 Å². The monoisotopic (exact) mass is 399 g/mol. The second-order valence-electron chi connectivity index (χ2n) is 6.46. The number of methoxy groups -OCH3 is 2. The van der Waals surface area contributed by atoms with Gasteiger partial charge in [0.15, 0.2) is 0 Å². The molecule has 0 aliphatic carbocycles. The minimum atomic E-state index is -0.357. The molecule has 0 bridgehead atoms. The van der Waals surface area contributed by atoms with E-state index < -0.39 is 0 Å². The first-order valence-corrected chi connectivity index (χ1v) is 9.20. The summed E-state index contributed by atoms with van der Waals surface area (Å²) in [5.41, 5.74) is 1.61. The number of carbonyl (C=O) groups is 1. The van der Waals surface area contributed by atoms with Gasteiger partial charge in [0.1, 0.15) is 11.5 Å². The fraction of sp³-hybridized carbons (Fsp3) is 0.227. The van der Waals surface area contributed by atoms with Crippen LogP contribution >= 0.6 is 11.6 Å². The number of hydrogen-bond donors (Lipinski definition) is 1. The predicted octanol–water partition coefficient (Wildman–Crippen LogP) is 4.38. The van der Waals surface area contributed by atoms with Crippen molar-refractivity contribution in [1.82, 2.24) is 4.90 Å². The summed E-state index contributed by atoms with van der Waals surface area (Å²) in [6.45, 7) is 0.854. The first-order chi connectivity index (χ1) is 13.5. The summed E-state index contributed by atoms with van der Waals surface area (Å²) in [4.78, 5) is 13.8. The molecule has 6 heteroatoms. The van der Waals surface area contributed by atoms with Crippen LogP contribution in [0.15, 0.2) is 54.6 Å². The van der Waals surface area contributed by atoms with Crippen LogP contribution in [0.3, 0.4) is 0 Å². The number of benzene rings is 3. The highest BCUT2D eigenvalue weighted by Crippen LogP contribution is 2.31. The molecule has 28 heavy (non-hydrogen) atoms. The second kappa shape index (κ2) is 8.95. The van der Waals surface area contributed by atoms with Gasteiger partial charge in [-0.15, -0.1) is 0 Å². The molecule has 0 spiro atoms. The van der Waals surface area contributed by atoms with Crippen LogP contribution in [-0.4, -0.2) is 36.7 Å². The maximum Gasteiger partial charge on any atom is 0.319 e. The molecule has 0 saturated carbocycles. The van der Waals surface area contributed by atoms with Crippen molar-refractivity contribution in [2.45, 2.75) is 13.1 Å². The average Bonchev–Trinajstić information content (AvgIpc) is 2.71. The van der Waals surface area contributed by atoms with E-state index in [9.17, 15) is 9.90 Å². The summed E-state index contributed by atoms with van der Waals surface area (Å²) >= 11 is 6.30. The number of carbonyl (C=O) groups excluding carboxylic acids is 1. The van der Waals surface area contributed by atoms with Gasteiger partial charge in [0.2, 0.25) is 0 Å². The van der Waals surface area contributed by atoms with Crippen molar-refractivity contribution < 1.29 is 19.4 Å². The number of fused-ring (bicyclic) bond motifs is 1. The number of halogens is 1. The summed E-state index contributed by atoms with van der Waals surface area (Å²) in [7, 11) is 2.96. The van der Waals surface area contributed by atoms with Crippen molar-refractivity contribution in [1.29, 1.82) is 0 Å². The number of nitrogens with zero attached hydrogens (tertiary/aromatic N) is 1. The molecular formula is C22H22ClNO4. The highest BCUT2D eigenvalue weighted by Gasteiger charge is 2.17. The predicted molar refractivity (Wildman–Crippen MR) is 110 cm³/mol. The van der Waals surface area contributed by atoms with Crippen LogP contribution < -0.4 is 4.74 Å². The lowest BCUT2D eigenvalue weighted by atomic mass is 10.0. The van der Waals surface area contributed by atoms with Gasteiger partial charge in [0.05, 0.1) is 20.8 Å².